The van der Waals surface area contributed by atoms with Crippen molar-refractivity contribution < 1.29 is 4.79 Å². The molecule has 3 nitrogen and oxygen atoms in total. The molecule has 2 rings (SSSR count). The van der Waals surface area contributed by atoms with E-state index in [1.807, 2.05) is 11.9 Å². The lowest BCUT2D eigenvalue weighted by atomic mass is 9.95. The lowest BCUT2D eigenvalue weighted by Gasteiger charge is -2.24. The average molecular weight is 210 g/mol. The van der Waals surface area contributed by atoms with Gasteiger partial charge in [0.1, 0.15) is 0 Å². The molecule has 3 heteroatoms. The van der Waals surface area contributed by atoms with E-state index < -0.39 is 0 Å². The average Bonchev–Trinajstić information content (AvgIpc) is 2.92. The number of rotatable bonds is 4. The second kappa shape index (κ2) is 4.52. The quantitative estimate of drug-likeness (QED) is 0.758. The van der Waals surface area contributed by atoms with Crippen LogP contribution in [-0.2, 0) is 4.79 Å². The predicted octanol–water partition coefficient (Wildman–Crippen LogP) is 1.23. The minimum absolute atomic E-state index is 0.221. The molecule has 2 aliphatic rings. The molecule has 0 aliphatic heterocycles. The molecule has 2 saturated carbocycles. The van der Waals surface area contributed by atoms with Crippen LogP contribution in [0.3, 0.4) is 0 Å². The molecule has 86 valence electrons. The van der Waals surface area contributed by atoms with Gasteiger partial charge in [-0.05, 0) is 44.1 Å². The molecule has 1 amide bonds. The molecule has 0 aromatic carbocycles. The normalized spacial score (nSPS) is 30.5. The van der Waals surface area contributed by atoms with E-state index in [4.69, 9.17) is 5.73 Å². The smallest absolute Gasteiger partial charge is 0.225 e. The monoisotopic (exact) mass is 210 g/mol. The first kappa shape index (κ1) is 10.9. The molecule has 2 atom stereocenters. The Bertz CT molecular complexity index is 238. The van der Waals surface area contributed by atoms with Crippen LogP contribution in [0, 0.1) is 17.8 Å². The Kier molecular flexibility index (Phi) is 3.29. The van der Waals surface area contributed by atoms with Gasteiger partial charge in [-0.25, -0.2) is 0 Å². The molecule has 2 unspecified atom stereocenters. The van der Waals surface area contributed by atoms with Crippen LogP contribution < -0.4 is 5.73 Å². The number of amides is 1. The fourth-order valence-electron chi connectivity index (χ4n) is 2.70. The van der Waals surface area contributed by atoms with Gasteiger partial charge in [-0.2, -0.15) is 0 Å². The number of carbonyl (C=O) groups excluding carboxylic acids is 1. The minimum Gasteiger partial charge on any atom is -0.345 e. The SMILES string of the molecule is CN(CC1CC1)C(=O)C1CCCC1CN. The van der Waals surface area contributed by atoms with Gasteiger partial charge >= 0.3 is 0 Å². The third-order valence-electron chi connectivity index (χ3n) is 3.88. The maximum Gasteiger partial charge on any atom is 0.225 e. The molecule has 0 bridgehead atoms. The van der Waals surface area contributed by atoms with E-state index in [0.717, 1.165) is 25.3 Å². The van der Waals surface area contributed by atoms with E-state index in [-0.39, 0.29) is 5.92 Å². The van der Waals surface area contributed by atoms with E-state index in [9.17, 15) is 4.79 Å². The summed E-state index contributed by atoms with van der Waals surface area (Å²) >= 11 is 0. The van der Waals surface area contributed by atoms with E-state index in [1.165, 1.54) is 19.3 Å². The van der Waals surface area contributed by atoms with Crippen LogP contribution in [0.2, 0.25) is 0 Å². The third-order valence-corrected chi connectivity index (χ3v) is 3.88. The van der Waals surface area contributed by atoms with Crippen LogP contribution in [0.15, 0.2) is 0 Å². The molecule has 0 aromatic rings. The van der Waals surface area contributed by atoms with Crippen molar-refractivity contribution in [2.75, 3.05) is 20.1 Å². The maximum absolute atomic E-state index is 12.1. The van der Waals surface area contributed by atoms with Crippen molar-refractivity contribution >= 4 is 5.91 Å². The summed E-state index contributed by atoms with van der Waals surface area (Å²) in [4.78, 5) is 14.1. The third kappa shape index (κ3) is 2.51. The zero-order chi connectivity index (χ0) is 10.8. The van der Waals surface area contributed by atoms with E-state index in [1.54, 1.807) is 0 Å². The molecule has 15 heavy (non-hydrogen) atoms. The van der Waals surface area contributed by atoms with Crippen LogP contribution in [0.4, 0.5) is 0 Å². The van der Waals surface area contributed by atoms with E-state index in [0.29, 0.717) is 18.4 Å². The van der Waals surface area contributed by atoms with Crippen LogP contribution in [0.1, 0.15) is 32.1 Å². The lowest BCUT2D eigenvalue weighted by Crippen LogP contribution is -2.37. The van der Waals surface area contributed by atoms with Crippen molar-refractivity contribution in [3.05, 3.63) is 0 Å². The van der Waals surface area contributed by atoms with Gasteiger partial charge in [-0.3, -0.25) is 4.79 Å². The van der Waals surface area contributed by atoms with Crippen molar-refractivity contribution in [1.29, 1.82) is 0 Å². The van der Waals surface area contributed by atoms with Crippen LogP contribution in [-0.4, -0.2) is 30.9 Å². The molecule has 2 fully saturated rings. The molecular weight excluding hydrogens is 188 g/mol. The van der Waals surface area contributed by atoms with Gasteiger partial charge in [-0.15, -0.1) is 0 Å². The van der Waals surface area contributed by atoms with Crippen molar-refractivity contribution in [3.8, 4) is 0 Å². The highest BCUT2D eigenvalue weighted by molar-refractivity contribution is 5.79. The fourth-order valence-corrected chi connectivity index (χ4v) is 2.70. The number of nitrogens with zero attached hydrogens (tertiary/aromatic N) is 1. The summed E-state index contributed by atoms with van der Waals surface area (Å²) in [5.74, 6) is 1.80. The highest BCUT2D eigenvalue weighted by Gasteiger charge is 2.35. The van der Waals surface area contributed by atoms with Gasteiger partial charge in [-0.1, -0.05) is 6.42 Å². The van der Waals surface area contributed by atoms with Crippen LogP contribution in [0.5, 0.6) is 0 Å². The summed E-state index contributed by atoms with van der Waals surface area (Å²) in [6.07, 6.45) is 5.99. The standard InChI is InChI=1S/C12H22N2O/c1-14(8-9-5-6-9)12(15)11-4-2-3-10(11)7-13/h9-11H,2-8,13H2,1H3. The fraction of sp³-hybridized carbons (Fsp3) is 0.917. The van der Waals surface area contributed by atoms with Gasteiger partial charge in [0.15, 0.2) is 0 Å². The largest absolute Gasteiger partial charge is 0.345 e. The van der Waals surface area contributed by atoms with Crippen molar-refractivity contribution in [3.63, 3.8) is 0 Å². The first-order valence-corrected chi connectivity index (χ1v) is 6.17. The summed E-state index contributed by atoms with van der Waals surface area (Å²) in [5.41, 5.74) is 5.71. The first-order chi connectivity index (χ1) is 7.22. The summed E-state index contributed by atoms with van der Waals surface area (Å²) < 4.78 is 0. The van der Waals surface area contributed by atoms with E-state index in [2.05, 4.69) is 0 Å². The summed E-state index contributed by atoms with van der Waals surface area (Å²) in [5, 5.41) is 0. The highest BCUT2D eigenvalue weighted by atomic mass is 16.2. The van der Waals surface area contributed by atoms with Gasteiger partial charge in [0.25, 0.3) is 0 Å². The molecular formula is C12H22N2O. The topological polar surface area (TPSA) is 46.3 Å². The molecule has 0 radical (unpaired) electrons. The maximum atomic E-state index is 12.1. The summed E-state index contributed by atoms with van der Waals surface area (Å²) in [6, 6.07) is 0. The van der Waals surface area contributed by atoms with Crippen LogP contribution in [0.25, 0.3) is 0 Å². The molecule has 0 spiro atoms. The molecule has 0 aromatic heterocycles. The second-order valence-electron chi connectivity index (χ2n) is 5.20. The summed E-state index contributed by atoms with van der Waals surface area (Å²) in [7, 11) is 1.95. The van der Waals surface area contributed by atoms with Gasteiger partial charge in [0.05, 0.1) is 0 Å². The predicted molar refractivity (Wildman–Crippen MR) is 60.2 cm³/mol. The Morgan fingerprint density at radius 1 is 1.33 bits per heavy atom. The number of hydrogen-bond donors (Lipinski definition) is 1. The van der Waals surface area contributed by atoms with Crippen molar-refractivity contribution in [1.82, 2.24) is 4.90 Å². The first-order valence-electron chi connectivity index (χ1n) is 6.17. The molecule has 2 aliphatic carbocycles. The Balaban J connectivity index is 1.87. The van der Waals surface area contributed by atoms with Gasteiger partial charge in [0, 0.05) is 19.5 Å². The number of nitrogens with two attached hydrogens (primary N) is 1. The van der Waals surface area contributed by atoms with Gasteiger partial charge in [0.2, 0.25) is 5.91 Å². The second-order valence-corrected chi connectivity index (χ2v) is 5.20. The lowest BCUT2D eigenvalue weighted by molar-refractivity contribution is -0.135. The zero-order valence-corrected chi connectivity index (χ0v) is 9.61. The van der Waals surface area contributed by atoms with Gasteiger partial charge < -0.3 is 10.6 Å². The van der Waals surface area contributed by atoms with Crippen molar-refractivity contribution in [2.24, 2.45) is 23.5 Å². The Hall–Kier alpha value is -0.570. The highest BCUT2D eigenvalue weighted by Crippen LogP contribution is 2.34. The minimum atomic E-state index is 0.221. The zero-order valence-electron chi connectivity index (χ0n) is 9.61. The molecule has 0 saturated heterocycles. The van der Waals surface area contributed by atoms with E-state index >= 15 is 0 Å². The summed E-state index contributed by atoms with van der Waals surface area (Å²) in [6.45, 7) is 1.64. The number of carbonyl (C=O) groups is 1. The molecule has 0 heterocycles. The Labute approximate surface area is 92.0 Å². The Morgan fingerprint density at radius 3 is 2.67 bits per heavy atom. The molecule has 2 N–H and O–H groups in total. The number of hydrogen-bond acceptors (Lipinski definition) is 2. The van der Waals surface area contributed by atoms with Crippen molar-refractivity contribution in [2.45, 2.75) is 32.1 Å². The Morgan fingerprint density at radius 2 is 2.07 bits per heavy atom. The van der Waals surface area contributed by atoms with Crippen LogP contribution >= 0.6 is 0 Å².